The summed E-state index contributed by atoms with van der Waals surface area (Å²) < 4.78 is 0. The van der Waals surface area contributed by atoms with Crippen LogP contribution in [0.2, 0.25) is 0 Å². The minimum Gasteiger partial charge on any atom is -0.355 e. The lowest BCUT2D eigenvalue weighted by Crippen LogP contribution is -2.47. The van der Waals surface area contributed by atoms with E-state index >= 15 is 0 Å². The van der Waals surface area contributed by atoms with Crippen LogP contribution < -0.4 is 21.1 Å². The van der Waals surface area contributed by atoms with E-state index < -0.39 is 5.41 Å². The molecular formula is C61H42BN2. The van der Waals surface area contributed by atoms with E-state index in [0.717, 1.165) is 24.2 Å². The molecule has 3 aliphatic rings. The predicted octanol–water partition coefficient (Wildman–Crippen LogP) is 13.8. The molecule has 299 valence electrons. The van der Waals surface area contributed by atoms with Crippen LogP contribution in [-0.2, 0) is 18.3 Å². The van der Waals surface area contributed by atoms with Gasteiger partial charge in [-0.2, -0.15) is 0 Å². The highest BCUT2D eigenvalue weighted by Crippen LogP contribution is 2.58. The molecule has 13 rings (SSSR count). The minimum absolute atomic E-state index is 0.536. The average molecular weight is 814 g/mol. The van der Waals surface area contributed by atoms with Crippen LogP contribution in [-0.4, -0.2) is 7.28 Å². The van der Waals surface area contributed by atoms with Crippen LogP contribution >= 0.6 is 0 Å². The Kier molecular flexibility index (Phi) is 8.39. The fourth-order valence-electron chi connectivity index (χ4n) is 11.3. The molecule has 0 fully saturated rings. The summed E-state index contributed by atoms with van der Waals surface area (Å²) in [4.78, 5) is 2.58. The van der Waals surface area contributed by atoms with Crippen LogP contribution in [0.4, 0.5) is 28.4 Å². The average Bonchev–Trinajstić information content (AvgIpc) is 3.37. The first-order chi connectivity index (χ1) is 31.8. The first kappa shape index (κ1) is 36.7. The molecule has 10 aromatic carbocycles. The topological polar surface area (TPSA) is 15.3 Å². The number of benzene rings is 10. The van der Waals surface area contributed by atoms with Gasteiger partial charge in [0, 0.05) is 28.3 Å². The number of para-hydroxylation sites is 2. The molecule has 0 bridgehead atoms. The van der Waals surface area contributed by atoms with Crippen LogP contribution in [0.1, 0.15) is 33.4 Å². The first-order valence-corrected chi connectivity index (χ1v) is 22.5. The summed E-state index contributed by atoms with van der Waals surface area (Å²) in [5, 5.41) is 6.54. The highest BCUT2D eigenvalue weighted by molar-refractivity contribution is 6.74. The van der Waals surface area contributed by atoms with E-state index in [-0.39, 0.29) is 0 Å². The van der Waals surface area contributed by atoms with Crippen molar-refractivity contribution in [3.8, 4) is 33.4 Å². The molecule has 0 aromatic heterocycles. The fourth-order valence-corrected chi connectivity index (χ4v) is 11.3. The van der Waals surface area contributed by atoms with Gasteiger partial charge < -0.3 is 10.2 Å². The molecule has 0 atom stereocenters. The number of hydrogen-bond donors (Lipinski definition) is 1. The van der Waals surface area contributed by atoms with Crippen molar-refractivity contribution in [1.82, 2.24) is 0 Å². The lowest BCUT2D eigenvalue weighted by Gasteiger charge is -2.49. The lowest BCUT2D eigenvalue weighted by molar-refractivity contribution is 0.732. The summed E-state index contributed by atoms with van der Waals surface area (Å²) in [5.41, 5.74) is 23.0. The van der Waals surface area contributed by atoms with Gasteiger partial charge in [0.25, 0.3) is 0 Å². The van der Waals surface area contributed by atoms with Crippen molar-refractivity contribution in [2.24, 2.45) is 0 Å². The van der Waals surface area contributed by atoms with E-state index in [2.05, 4.69) is 242 Å². The second kappa shape index (κ2) is 14.6. The standard InChI is InChI=1S/C61H42BN2/c1-4-18-40(19-5-1)42-35-37-50(55(38-42)63-54-32-16-28-48-46-26-12-10-20-41(46)34-36-49(48)54)58-47-27-13-11-21-43(47)39-57-59(58)62-53-31-17-30-52-60(53)64(57)56-33-15-14-29-51(56)61(52,44-22-6-2-7-23-44)45-24-8-3-9-25-45/h1-33,35,37-39,63H,34,36H2. The largest absolute Gasteiger partial charge is 0.355 e. The molecule has 0 unspecified atom stereocenters. The van der Waals surface area contributed by atoms with Gasteiger partial charge in [-0.1, -0.05) is 206 Å². The molecular weight excluding hydrogens is 771 g/mol. The highest BCUT2D eigenvalue weighted by Gasteiger charge is 2.48. The van der Waals surface area contributed by atoms with Crippen LogP contribution in [0, 0.1) is 0 Å². The Labute approximate surface area is 375 Å². The molecule has 10 aromatic rings. The zero-order chi connectivity index (χ0) is 42.2. The second-order valence-corrected chi connectivity index (χ2v) is 17.4. The van der Waals surface area contributed by atoms with Crippen molar-refractivity contribution in [2.75, 3.05) is 10.2 Å². The van der Waals surface area contributed by atoms with Gasteiger partial charge in [-0.15, -0.1) is 0 Å². The van der Waals surface area contributed by atoms with E-state index in [1.807, 2.05) is 0 Å². The third kappa shape index (κ3) is 5.47. The maximum Gasteiger partial charge on any atom is 0.197 e. The summed E-state index contributed by atoms with van der Waals surface area (Å²) in [7, 11) is 2.47. The minimum atomic E-state index is -0.536. The molecule has 0 saturated carbocycles. The van der Waals surface area contributed by atoms with E-state index in [1.165, 1.54) is 106 Å². The number of nitrogens with one attached hydrogen (secondary N) is 1. The van der Waals surface area contributed by atoms with Gasteiger partial charge in [0.1, 0.15) is 0 Å². The monoisotopic (exact) mass is 813 g/mol. The smallest absolute Gasteiger partial charge is 0.197 e. The van der Waals surface area contributed by atoms with Gasteiger partial charge >= 0.3 is 0 Å². The van der Waals surface area contributed by atoms with E-state index in [4.69, 9.17) is 0 Å². The van der Waals surface area contributed by atoms with Gasteiger partial charge in [-0.3, -0.25) is 0 Å². The number of fused-ring (bicyclic) bond motifs is 8. The Balaban J connectivity index is 1.07. The van der Waals surface area contributed by atoms with Crippen molar-refractivity contribution in [3.63, 3.8) is 0 Å². The molecule has 1 radical (unpaired) electrons. The number of anilines is 5. The molecule has 2 nitrogen and oxygen atoms in total. The Hall–Kier alpha value is -7.88. The van der Waals surface area contributed by atoms with Crippen molar-refractivity contribution < 1.29 is 0 Å². The second-order valence-electron chi connectivity index (χ2n) is 17.4. The third-order valence-corrected chi connectivity index (χ3v) is 14.1. The van der Waals surface area contributed by atoms with Gasteiger partial charge in [-0.05, 0) is 115 Å². The molecule has 0 spiro atoms. The summed E-state index contributed by atoms with van der Waals surface area (Å²) in [6.45, 7) is 0. The molecule has 2 heterocycles. The zero-order valence-electron chi connectivity index (χ0n) is 35.3. The molecule has 64 heavy (non-hydrogen) atoms. The van der Waals surface area contributed by atoms with Gasteiger partial charge in [-0.25, -0.2) is 0 Å². The van der Waals surface area contributed by atoms with Gasteiger partial charge in [0.05, 0.1) is 11.1 Å². The Morgan fingerprint density at radius 2 is 1.12 bits per heavy atom. The van der Waals surface area contributed by atoms with Crippen LogP contribution in [0.15, 0.2) is 224 Å². The molecule has 0 amide bonds. The summed E-state index contributed by atoms with van der Waals surface area (Å²) in [6, 6.07) is 83.1. The van der Waals surface area contributed by atoms with E-state index in [0.29, 0.717) is 0 Å². The Bertz CT molecular complexity index is 3410. The van der Waals surface area contributed by atoms with E-state index in [1.54, 1.807) is 0 Å². The van der Waals surface area contributed by atoms with Crippen LogP contribution in [0.3, 0.4) is 0 Å². The first-order valence-electron chi connectivity index (χ1n) is 22.5. The van der Waals surface area contributed by atoms with Gasteiger partial charge in [0.2, 0.25) is 0 Å². The summed E-state index contributed by atoms with van der Waals surface area (Å²) in [5.74, 6) is 0. The van der Waals surface area contributed by atoms with Crippen molar-refractivity contribution in [1.29, 1.82) is 0 Å². The van der Waals surface area contributed by atoms with Crippen molar-refractivity contribution >= 4 is 57.4 Å². The van der Waals surface area contributed by atoms with E-state index in [9.17, 15) is 0 Å². The van der Waals surface area contributed by atoms with Crippen LogP contribution in [0.25, 0.3) is 44.2 Å². The SMILES string of the molecule is [B]1c2cccc3c2N(c2ccccc2C3(c2ccccc2)c2ccccc2)c2cc3ccccc3c(-c3ccc(-c4ccccc4)cc3Nc3cccc4c3CCc3ccccc3-4)c21. The Morgan fingerprint density at radius 3 is 1.95 bits per heavy atom. The molecule has 2 aliphatic heterocycles. The van der Waals surface area contributed by atoms with Gasteiger partial charge in [0.15, 0.2) is 7.28 Å². The lowest BCUT2D eigenvalue weighted by atomic mass is 9.54. The molecule has 0 saturated heterocycles. The van der Waals surface area contributed by atoms with Crippen molar-refractivity contribution in [3.05, 3.63) is 258 Å². The number of rotatable bonds is 6. The number of nitrogens with zero attached hydrogens (tertiary/aromatic N) is 1. The maximum atomic E-state index is 4.11. The normalized spacial score (nSPS) is 13.7. The molecule has 1 N–H and O–H groups in total. The maximum absolute atomic E-state index is 4.11. The third-order valence-electron chi connectivity index (χ3n) is 14.1. The zero-order valence-corrected chi connectivity index (χ0v) is 35.3. The van der Waals surface area contributed by atoms with Crippen molar-refractivity contribution in [2.45, 2.75) is 18.3 Å². The number of aryl methyl sites for hydroxylation is 1. The van der Waals surface area contributed by atoms with Crippen LogP contribution in [0.5, 0.6) is 0 Å². The molecule has 1 aliphatic carbocycles. The summed E-state index contributed by atoms with van der Waals surface area (Å²) in [6.07, 6.45) is 2.01. The Morgan fingerprint density at radius 1 is 0.453 bits per heavy atom. The predicted molar refractivity (Wildman–Crippen MR) is 269 cm³/mol. The summed E-state index contributed by atoms with van der Waals surface area (Å²) >= 11 is 0. The quantitative estimate of drug-likeness (QED) is 0.168. The molecule has 3 heteroatoms. The fraction of sp³-hybridized carbons (Fsp3) is 0.0492. The highest BCUT2D eigenvalue weighted by atomic mass is 15.2. The number of hydrogen-bond acceptors (Lipinski definition) is 2.